The Balaban J connectivity index is 0. The van der Waals surface area contributed by atoms with Gasteiger partial charge in [0, 0.05) is 0 Å². The Bertz CT molecular complexity index is 143. The van der Waals surface area contributed by atoms with E-state index < -0.39 is 0 Å². The zero-order valence-corrected chi connectivity index (χ0v) is 13.7. The second kappa shape index (κ2) is 7.75. The fourth-order valence-electron chi connectivity index (χ4n) is 2.15. The molecule has 0 atom stereocenters. The van der Waals surface area contributed by atoms with Crippen LogP contribution in [0.5, 0.6) is 0 Å². The van der Waals surface area contributed by atoms with Gasteiger partial charge in [0.25, 0.3) is 0 Å². The Labute approximate surface area is 102 Å². The van der Waals surface area contributed by atoms with Crippen LogP contribution in [0.15, 0.2) is 3.34 Å². The summed E-state index contributed by atoms with van der Waals surface area (Å²) < 4.78 is 4.62. The predicted octanol–water partition coefficient (Wildman–Crippen LogP) is 4.38. The van der Waals surface area contributed by atoms with Gasteiger partial charge in [-0.3, -0.25) is 0 Å². The van der Waals surface area contributed by atoms with Gasteiger partial charge in [-0.25, -0.2) is 0 Å². The minimum atomic E-state index is 0.180. The van der Waals surface area contributed by atoms with Gasteiger partial charge in [-0.2, -0.15) is 7.05 Å². The van der Waals surface area contributed by atoms with E-state index in [9.17, 15) is 0 Å². The molecule has 0 aliphatic heterocycles. The molecule has 0 bridgehead atoms. The first-order chi connectivity index (χ1) is 6.49. The van der Waals surface area contributed by atoms with Crippen molar-refractivity contribution in [2.75, 3.05) is 7.05 Å². The van der Waals surface area contributed by atoms with Crippen molar-refractivity contribution in [2.24, 2.45) is 8.75 Å². The largest absolute Gasteiger partial charge is 0.680 e. The minimum Gasteiger partial charge on any atom is -0.680 e. The van der Waals surface area contributed by atoms with E-state index >= 15 is 0 Å². The van der Waals surface area contributed by atoms with Gasteiger partial charge in [0.15, 0.2) is 0 Å². The molecule has 0 saturated heterocycles. The summed E-state index contributed by atoms with van der Waals surface area (Å²) in [5.74, 6) is 0. The molecule has 0 aromatic heterocycles. The first-order valence-electron chi connectivity index (χ1n) is 5.36. The molecule has 0 fully saturated rings. The third kappa shape index (κ3) is 3.58. The molecule has 0 aliphatic carbocycles. The average molecular weight is 366 g/mol. The fourth-order valence-corrected chi connectivity index (χ4v) is 2.92. The van der Waals surface area contributed by atoms with Crippen LogP contribution in [0.3, 0.4) is 0 Å². The zero-order chi connectivity index (χ0) is 11.8. The monoisotopic (exact) mass is 366 g/mol. The molecule has 0 unspecified atom stereocenters. The van der Waals surface area contributed by atoms with Crippen molar-refractivity contribution in [2.45, 2.75) is 59.4 Å². The van der Waals surface area contributed by atoms with E-state index in [0.717, 1.165) is 20.9 Å². The van der Waals surface area contributed by atoms with Gasteiger partial charge in [0.1, 0.15) is 0 Å². The summed E-state index contributed by atoms with van der Waals surface area (Å²) in [6, 6.07) is 0. The van der Waals surface area contributed by atoms with Gasteiger partial charge in [-0.05, 0) is 0 Å². The molecule has 3 heteroatoms. The molecule has 0 amide bonds. The summed E-state index contributed by atoms with van der Waals surface area (Å²) in [5, 5.41) is 0. The van der Waals surface area contributed by atoms with Crippen LogP contribution in [-0.4, -0.2) is 12.6 Å². The van der Waals surface area contributed by atoms with Gasteiger partial charge in [0.2, 0.25) is 0 Å². The van der Waals surface area contributed by atoms with Gasteiger partial charge in [-0.15, -0.1) is 0 Å². The molecular formula is C11H25N2Ta-. The normalized spacial score (nSPS) is 11.6. The first kappa shape index (κ1) is 16.9. The molecule has 0 heterocycles. The topological polar surface area (TPSA) is 36.2 Å². The van der Waals surface area contributed by atoms with Gasteiger partial charge in [-0.1, -0.05) is 0 Å². The van der Waals surface area contributed by atoms with E-state index in [1.165, 1.54) is 26.3 Å². The second-order valence-electron chi connectivity index (χ2n) is 4.00. The molecule has 0 saturated carbocycles. The fraction of sp³-hybridized carbons (Fsp3) is 1.00. The van der Waals surface area contributed by atoms with Gasteiger partial charge in [0.05, 0.1) is 0 Å². The number of rotatable bonds is 5. The summed E-state index contributed by atoms with van der Waals surface area (Å²) >= 11 is 1.16. The van der Waals surface area contributed by atoms with E-state index in [2.05, 4.69) is 38.0 Å². The van der Waals surface area contributed by atoms with Crippen LogP contribution >= 0.6 is 0 Å². The maximum Gasteiger partial charge on any atom is -0.164 e. The maximum atomic E-state index is 5.75. The molecule has 2 nitrogen and oxygen atoms in total. The van der Waals surface area contributed by atoms with Crippen LogP contribution < -0.4 is 0 Å². The summed E-state index contributed by atoms with van der Waals surface area (Å²) in [4.78, 5) is 0. The first-order valence-corrected chi connectivity index (χ1v) is 6.79. The van der Waals surface area contributed by atoms with Crippen molar-refractivity contribution in [3.8, 4) is 0 Å². The van der Waals surface area contributed by atoms with Crippen molar-refractivity contribution in [1.82, 2.24) is 0 Å². The Hall–Kier alpha value is 0.500. The third-order valence-corrected chi connectivity index (χ3v) is 5.37. The summed E-state index contributed by atoms with van der Waals surface area (Å²) in [7, 11) is 1.25. The molecule has 0 aromatic rings. The molecule has 0 aromatic carbocycles. The standard InChI is InChI=1S/C10H21N.CH4N.Ta/c1-6-10(7-2,8-3)9(4,5)11;1-2;/h6-8H2,1-5H3;2H,1H3;/q;-1;. The van der Waals surface area contributed by atoms with Crippen molar-refractivity contribution in [1.29, 1.82) is 0 Å². The van der Waals surface area contributed by atoms with Crippen molar-refractivity contribution >= 4 is 0 Å². The Morgan fingerprint density at radius 1 is 1.00 bits per heavy atom. The van der Waals surface area contributed by atoms with Crippen molar-refractivity contribution < 1.29 is 20.9 Å². The number of nitrogens with one attached hydrogen (secondary N) is 1. The van der Waals surface area contributed by atoms with Crippen LogP contribution in [0, 0.1) is 5.41 Å². The summed E-state index contributed by atoms with van der Waals surface area (Å²) in [5.41, 5.74) is 6.36. The summed E-state index contributed by atoms with van der Waals surface area (Å²) in [6.45, 7) is 11.4. The van der Waals surface area contributed by atoms with Crippen LogP contribution in [-0.2, 0) is 20.9 Å². The van der Waals surface area contributed by atoms with E-state index in [1.807, 2.05) is 0 Å². The second-order valence-corrected chi connectivity index (χ2v) is 4.72. The van der Waals surface area contributed by atoms with Crippen LogP contribution in [0.4, 0.5) is 0 Å². The van der Waals surface area contributed by atoms with E-state index in [4.69, 9.17) is 5.73 Å². The van der Waals surface area contributed by atoms with E-state index in [1.54, 1.807) is 0 Å². The SMILES string of the molecule is CCC(CC)(CC)C(C)(C)[N]=[Ta].C[NH-]. The zero-order valence-electron chi connectivity index (χ0n) is 10.5. The maximum absolute atomic E-state index is 5.75. The molecule has 0 radical (unpaired) electrons. The van der Waals surface area contributed by atoms with E-state index in [-0.39, 0.29) is 5.54 Å². The predicted molar refractivity (Wildman–Crippen MR) is 60.1 cm³/mol. The number of hydrogen-bond acceptors (Lipinski definition) is 1. The minimum absolute atomic E-state index is 0.180. The third-order valence-electron chi connectivity index (χ3n) is 3.58. The smallest absolute Gasteiger partial charge is 0.164 e. The summed E-state index contributed by atoms with van der Waals surface area (Å²) in [6.07, 6.45) is 3.73. The van der Waals surface area contributed by atoms with Crippen LogP contribution in [0.2, 0.25) is 0 Å². The quantitative estimate of drug-likeness (QED) is 0.693. The Kier molecular flexibility index (Phi) is 9.36. The molecular weight excluding hydrogens is 341 g/mol. The van der Waals surface area contributed by atoms with E-state index in [0.29, 0.717) is 5.41 Å². The number of hydrogen-bond donors (Lipinski definition) is 0. The van der Waals surface area contributed by atoms with Crippen molar-refractivity contribution in [3.63, 3.8) is 0 Å². The van der Waals surface area contributed by atoms with Gasteiger partial charge < -0.3 is 5.73 Å². The molecule has 85 valence electrons. The molecule has 0 aliphatic rings. The average Bonchev–Trinajstić information content (AvgIpc) is 2.24. The Morgan fingerprint density at radius 3 is 1.36 bits per heavy atom. The molecule has 0 spiro atoms. The number of nitrogens with zero attached hydrogens (tertiary/aromatic N) is 1. The molecule has 1 N–H and O–H groups in total. The van der Waals surface area contributed by atoms with Crippen molar-refractivity contribution in [3.05, 3.63) is 5.73 Å². The Morgan fingerprint density at radius 2 is 1.29 bits per heavy atom. The van der Waals surface area contributed by atoms with Gasteiger partial charge >= 0.3 is 89.1 Å². The van der Waals surface area contributed by atoms with Crippen LogP contribution in [0.25, 0.3) is 5.73 Å². The molecule has 14 heavy (non-hydrogen) atoms. The van der Waals surface area contributed by atoms with Crippen LogP contribution in [0.1, 0.15) is 53.9 Å². The molecule has 0 rings (SSSR count).